The highest BCUT2D eigenvalue weighted by Crippen LogP contribution is 2.35. The van der Waals surface area contributed by atoms with Crippen LogP contribution in [0.25, 0.3) is 0 Å². The third-order valence-corrected chi connectivity index (χ3v) is 2.55. The van der Waals surface area contributed by atoms with Gasteiger partial charge in [-0.05, 0) is 33.6 Å². The number of hydrogen-bond donors (Lipinski definition) is 2. The summed E-state index contributed by atoms with van der Waals surface area (Å²) >= 11 is 0. The predicted molar refractivity (Wildman–Crippen MR) is 66.7 cm³/mol. The van der Waals surface area contributed by atoms with Crippen LogP contribution in [0, 0.1) is 0 Å². The van der Waals surface area contributed by atoms with Crippen molar-refractivity contribution in [2.75, 3.05) is 0 Å². The van der Waals surface area contributed by atoms with Crippen molar-refractivity contribution in [2.45, 2.75) is 51.8 Å². The molecule has 6 nitrogen and oxygen atoms in total. The van der Waals surface area contributed by atoms with Crippen LogP contribution in [-0.2, 0) is 11.3 Å². The van der Waals surface area contributed by atoms with Gasteiger partial charge in [-0.3, -0.25) is 5.43 Å². The van der Waals surface area contributed by atoms with E-state index in [9.17, 15) is 4.79 Å². The largest absolute Gasteiger partial charge is 0.443 e. The minimum atomic E-state index is -0.485. The second kappa shape index (κ2) is 4.97. The number of nitrogens with one attached hydrogen (secondary N) is 2. The summed E-state index contributed by atoms with van der Waals surface area (Å²) in [6.07, 6.45) is 5.59. The first kappa shape index (κ1) is 12.9. The van der Waals surface area contributed by atoms with Crippen LogP contribution < -0.4 is 10.9 Å². The van der Waals surface area contributed by atoms with Gasteiger partial charge in [0, 0.05) is 12.2 Å². The molecule has 1 amide bonds. The summed E-state index contributed by atoms with van der Waals surface area (Å²) in [5, 5.41) is 0. The zero-order valence-corrected chi connectivity index (χ0v) is 11.1. The number of nitrogens with zero attached hydrogens (tertiary/aromatic N) is 2. The van der Waals surface area contributed by atoms with Gasteiger partial charge in [-0.15, -0.1) is 0 Å². The molecule has 0 unspecified atom stereocenters. The van der Waals surface area contributed by atoms with Crippen LogP contribution in [0.5, 0.6) is 0 Å². The average Bonchev–Trinajstić information content (AvgIpc) is 2.97. The number of amides is 1. The molecule has 0 spiro atoms. The number of imidazole rings is 1. The summed E-state index contributed by atoms with van der Waals surface area (Å²) in [5.74, 6) is 0. The van der Waals surface area contributed by atoms with E-state index >= 15 is 0 Å². The maximum Gasteiger partial charge on any atom is 0.422 e. The van der Waals surface area contributed by atoms with E-state index < -0.39 is 11.7 Å². The van der Waals surface area contributed by atoms with E-state index in [-0.39, 0.29) is 0 Å². The van der Waals surface area contributed by atoms with Crippen molar-refractivity contribution in [3.63, 3.8) is 0 Å². The molecule has 18 heavy (non-hydrogen) atoms. The summed E-state index contributed by atoms with van der Waals surface area (Å²) in [4.78, 5) is 15.5. The van der Waals surface area contributed by atoms with E-state index in [1.807, 2.05) is 33.3 Å². The molecule has 1 saturated carbocycles. The summed E-state index contributed by atoms with van der Waals surface area (Å²) in [6, 6.07) is 0.589. The Morgan fingerprint density at radius 3 is 2.89 bits per heavy atom. The zero-order valence-electron chi connectivity index (χ0n) is 11.1. The molecular weight excluding hydrogens is 232 g/mol. The van der Waals surface area contributed by atoms with Crippen LogP contribution >= 0.6 is 0 Å². The van der Waals surface area contributed by atoms with Crippen LogP contribution in [0.2, 0.25) is 0 Å². The Hall–Kier alpha value is -1.56. The molecule has 1 heterocycles. The molecule has 0 aromatic carbocycles. The van der Waals surface area contributed by atoms with Gasteiger partial charge < -0.3 is 9.30 Å². The highest BCUT2D eigenvalue weighted by Gasteiger charge is 2.25. The van der Waals surface area contributed by atoms with Crippen molar-refractivity contribution in [2.24, 2.45) is 0 Å². The van der Waals surface area contributed by atoms with Crippen LogP contribution in [0.1, 0.15) is 45.3 Å². The summed E-state index contributed by atoms with van der Waals surface area (Å²) in [5.41, 5.74) is 5.94. The molecule has 100 valence electrons. The van der Waals surface area contributed by atoms with E-state index in [1.165, 1.54) is 12.8 Å². The number of ether oxygens (including phenoxy) is 1. The van der Waals surface area contributed by atoms with Crippen molar-refractivity contribution in [3.05, 3.63) is 18.2 Å². The maximum atomic E-state index is 11.4. The number of hydrazine groups is 1. The highest BCUT2D eigenvalue weighted by molar-refractivity contribution is 5.66. The quantitative estimate of drug-likeness (QED) is 0.801. The number of aromatic nitrogens is 2. The molecule has 0 atom stereocenters. The smallest absolute Gasteiger partial charge is 0.422 e. The molecule has 1 fully saturated rings. The fraction of sp³-hybridized carbons (Fsp3) is 0.667. The standard InChI is InChI=1S/C12H20N4O2/c1-12(2,3)18-11(17)15-14-7-10-6-13-8-16(10)9-4-5-9/h6,8-9,14H,4-5,7H2,1-3H3,(H,15,17). The van der Waals surface area contributed by atoms with Gasteiger partial charge in [-0.1, -0.05) is 0 Å². The van der Waals surface area contributed by atoms with E-state index in [2.05, 4.69) is 20.4 Å². The van der Waals surface area contributed by atoms with E-state index in [0.29, 0.717) is 12.6 Å². The molecule has 6 heteroatoms. The average molecular weight is 252 g/mol. The molecule has 2 N–H and O–H groups in total. The topological polar surface area (TPSA) is 68.2 Å². The molecule has 1 aliphatic carbocycles. The summed E-state index contributed by atoms with van der Waals surface area (Å²) < 4.78 is 7.25. The van der Waals surface area contributed by atoms with Gasteiger partial charge in [-0.25, -0.2) is 15.2 Å². The Morgan fingerprint density at radius 2 is 2.28 bits per heavy atom. The van der Waals surface area contributed by atoms with Crippen LogP contribution in [-0.4, -0.2) is 21.2 Å². The van der Waals surface area contributed by atoms with Crippen molar-refractivity contribution in [1.29, 1.82) is 0 Å². The molecule has 0 aliphatic heterocycles. The molecule has 1 aromatic rings. The van der Waals surface area contributed by atoms with Gasteiger partial charge in [0.25, 0.3) is 0 Å². The Kier molecular flexibility index (Phi) is 3.56. The normalized spacial score (nSPS) is 15.5. The Labute approximate surface area is 107 Å². The molecule has 0 saturated heterocycles. The lowest BCUT2D eigenvalue weighted by molar-refractivity contribution is 0.0496. The minimum Gasteiger partial charge on any atom is -0.443 e. The van der Waals surface area contributed by atoms with Crippen molar-refractivity contribution in [3.8, 4) is 0 Å². The molecule has 1 aromatic heterocycles. The Bertz CT molecular complexity index is 418. The van der Waals surface area contributed by atoms with Gasteiger partial charge in [0.1, 0.15) is 5.60 Å². The monoisotopic (exact) mass is 252 g/mol. The van der Waals surface area contributed by atoms with Gasteiger partial charge >= 0.3 is 6.09 Å². The van der Waals surface area contributed by atoms with Gasteiger partial charge in [0.2, 0.25) is 0 Å². The number of hydrogen-bond acceptors (Lipinski definition) is 4. The van der Waals surface area contributed by atoms with Crippen LogP contribution in [0.15, 0.2) is 12.5 Å². The van der Waals surface area contributed by atoms with Crippen LogP contribution in [0.3, 0.4) is 0 Å². The summed E-state index contributed by atoms with van der Waals surface area (Å²) in [7, 11) is 0. The minimum absolute atomic E-state index is 0.472. The third kappa shape index (κ3) is 3.73. The second-order valence-electron chi connectivity index (χ2n) is 5.50. The van der Waals surface area contributed by atoms with Crippen molar-refractivity contribution in [1.82, 2.24) is 20.4 Å². The lowest BCUT2D eigenvalue weighted by atomic mass is 10.2. The Balaban J connectivity index is 1.75. The zero-order chi connectivity index (χ0) is 13.2. The highest BCUT2D eigenvalue weighted by atomic mass is 16.6. The molecule has 0 radical (unpaired) electrons. The predicted octanol–water partition coefficient (Wildman–Crippen LogP) is 1.75. The number of rotatable bonds is 4. The van der Waals surface area contributed by atoms with E-state index in [0.717, 1.165) is 5.69 Å². The lowest BCUT2D eigenvalue weighted by Gasteiger charge is -2.19. The first-order valence-corrected chi connectivity index (χ1v) is 6.18. The van der Waals surface area contributed by atoms with Gasteiger partial charge in [0.15, 0.2) is 0 Å². The number of carbonyl (C=O) groups is 1. The van der Waals surface area contributed by atoms with E-state index in [1.54, 1.807) is 0 Å². The molecule has 0 bridgehead atoms. The first-order chi connectivity index (χ1) is 8.46. The van der Waals surface area contributed by atoms with Gasteiger partial charge in [0.05, 0.1) is 18.6 Å². The maximum absolute atomic E-state index is 11.4. The Morgan fingerprint density at radius 1 is 1.56 bits per heavy atom. The second-order valence-corrected chi connectivity index (χ2v) is 5.50. The molecule has 2 rings (SSSR count). The summed E-state index contributed by atoms with van der Waals surface area (Å²) in [6.45, 7) is 6.02. The number of carbonyl (C=O) groups excluding carboxylic acids is 1. The third-order valence-electron chi connectivity index (χ3n) is 2.55. The fourth-order valence-electron chi connectivity index (χ4n) is 1.66. The van der Waals surface area contributed by atoms with Crippen molar-refractivity contribution < 1.29 is 9.53 Å². The SMILES string of the molecule is CC(C)(C)OC(=O)NNCc1cncn1C1CC1. The molecule has 1 aliphatic rings. The lowest BCUT2D eigenvalue weighted by Crippen LogP contribution is -2.41. The fourth-order valence-corrected chi connectivity index (χ4v) is 1.66. The molecular formula is C12H20N4O2. The van der Waals surface area contributed by atoms with Gasteiger partial charge in [-0.2, -0.15) is 0 Å². The van der Waals surface area contributed by atoms with E-state index in [4.69, 9.17) is 4.74 Å². The van der Waals surface area contributed by atoms with Crippen LogP contribution in [0.4, 0.5) is 4.79 Å². The van der Waals surface area contributed by atoms with Crippen molar-refractivity contribution >= 4 is 6.09 Å². The first-order valence-electron chi connectivity index (χ1n) is 6.18.